The van der Waals surface area contributed by atoms with Crippen LogP contribution in [0.4, 0.5) is 4.79 Å². The number of hydrogen-bond acceptors (Lipinski definition) is 12. The Bertz CT molecular complexity index is 816. The van der Waals surface area contributed by atoms with Crippen LogP contribution in [0, 0.1) is 0 Å². The number of nitrogens with one attached hydrogen (secondary N) is 5. The van der Waals surface area contributed by atoms with Crippen LogP contribution in [0.1, 0.15) is 19.3 Å². The van der Waals surface area contributed by atoms with E-state index in [1.807, 2.05) is 0 Å². The Morgan fingerprint density at radius 2 is 2.11 bits per heavy atom. The number of guanidine groups is 1. The number of carbonyl (C=O) groups excluding carboxylic acids is 3. The Balaban J connectivity index is 1.77. The zero-order valence-electron chi connectivity index (χ0n) is 18.9. The van der Waals surface area contributed by atoms with Crippen LogP contribution in [0.3, 0.4) is 0 Å². The molecule has 16 heteroatoms. The maximum atomic E-state index is 12.6. The minimum Gasteiger partial charge on any atom is -0.441 e. The van der Waals surface area contributed by atoms with Crippen LogP contribution >= 0.6 is 0 Å². The molecule has 0 aromatic rings. The van der Waals surface area contributed by atoms with Crippen molar-refractivity contribution in [2.75, 3.05) is 19.7 Å². The van der Waals surface area contributed by atoms with E-state index in [0.29, 0.717) is 12.8 Å². The lowest BCUT2D eigenvalue weighted by Crippen LogP contribution is -2.70. The summed E-state index contributed by atoms with van der Waals surface area (Å²) in [5, 5.41) is 41.7. The summed E-state index contributed by atoms with van der Waals surface area (Å²) in [6.45, 7) is -0.431. The molecule has 2 saturated heterocycles. The SMILES string of the molecule is [NH]CCCC(N)CC(=O)NC1C(NC2=NC3C(=O)NCC(O)C3N2)OC(CO)C(OC(N)=O)C1O. The van der Waals surface area contributed by atoms with Crippen LogP contribution in [0.2, 0.25) is 0 Å². The summed E-state index contributed by atoms with van der Waals surface area (Å²) in [5.74, 6) is -0.860. The molecule has 0 aliphatic carbocycles. The van der Waals surface area contributed by atoms with Crippen LogP contribution in [0.25, 0.3) is 0 Å². The largest absolute Gasteiger partial charge is 0.441 e. The van der Waals surface area contributed by atoms with Crippen LogP contribution < -0.4 is 38.5 Å². The number of nitrogens with zero attached hydrogens (tertiary/aromatic N) is 1. The van der Waals surface area contributed by atoms with Crippen molar-refractivity contribution in [1.82, 2.24) is 27.0 Å². The second kappa shape index (κ2) is 11.8. The molecule has 0 spiro atoms. The van der Waals surface area contributed by atoms with Gasteiger partial charge in [0.05, 0.1) is 18.8 Å². The number of aliphatic imine (C=N–C) groups is 1. The molecule has 9 atom stereocenters. The number of aliphatic hydroxyl groups excluding tert-OH is 3. The van der Waals surface area contributed by atoms with Crippen molar-refractivity contribution in [3.63, 3.8) is 0 Å². The number of β-amino-alcohol motifs (C(OH)–C–C–N with tert-alkyl or cyclic N) is 1. The van der Waals surface area contributed by atoms with Gasteiger partial charge in [-0.25, -0.2) is 9.79 Å². The number of amides is 3. The second-order valence-electron chi connectivity index (χ2n) is 8.67. The van der Waals surface area contributed by atoms with Gasteiger partial charge in [0.1, 0.15) is 18.2 Å². The van der Waals surface area contributed by atoms with Gasteiger partial charge in [-0.2, -0.15) is 0 Å². The maximum Gasteiger partial charge on any atom is 0.404 e. The van der Waals surface area contributed by atoms with E-state index < -0.39 is 73.4 Å². The van der Waals surface area contributed by atoms with Gasteiger partial charge in [-0.15, -0.1) is 0 Å². The molecule has 3 aliphatic heterocycles. The zero-order chi connectivity index (χ0) is 25.7. The number of primary amides is 1. The van der Waals surface area contributed by atoms with E-state index in [1.165, 1.54) is 0 Å². The number of fused-ring (bicyclic) bond motifs is 1. The van der Waals surface area contributed by atoms with Gasteiger partial charge in [-0.3, -0.25) is 15.3 Å². The average Bonchev–Trinajstić information content (AvgIpc) is 3.24. The fraction of sp³-hybridized carbons (Fsp3) is 0.789. The lowest BCUT2D eigenvalue weighted by Gasteiger charge is -2.44. The molecular formula is C19H33N8O8. The van der Waals surface area contributed by atoms with Crippen LogP contribution in [0.15, 0.2) is 4.99 Å². The van der Waals surface area contributed by atoms with Crippen molar-refractivity contribution >= 4 is 23.9 Å². The van der Waals surface area contributed by atoms with E-state index in [2.05, 4.69) is 26.3 Å². The highest BCUT2D eigenvalue weighted by molar-refractivity contribution is 5.92. The molecule has 3 heterocycles. The van der Waals surface area contributed by atoms with Crippen LogP contribution in [-0.4, -0.2) is 114 Å². The third-order valence-electron chi connectivity index (χ3n) is 6.04. The lowest BCUT2D eigenvalue weighted by molar-refractivity contribution is -0.198. The molecule has 3 aliphatic rings. The summed E-state index contributed by atoms with van der Waals surface area (Å²) in [6.07, 6.45) is -6.60. The number of hydrogen-bond donors (Lipinski definition) is 9. The monoisotopic (exact) mass is 501 g/mol. The van der Waals surface area contributed by atoms with Gasteiger partial charge >= 0.3 is 6.09 Å². The Labute approximate surface area is 200 Å². The van der Waals surface area contributed by atoms with Crippen molar-refractivity contribution in [2.45, 2.75) is 74.1 Å². The van der Waals surface area contributed by atoms with Crippen molar-refractivity contribution in [1.29, 1.82) is 0 Å². The Kier molecular flexibility index (Phi) is 9.03. The molecule has 0 saturated carbocycles. The van der Waals surface area contributed by atoms with Crippen LogP contribution in [0.5, 0.6) is 0 Å². The number of nitrogens with two attached hydrogens (primary N) is 2. The molecule has 2 fully saturated rings. The van der Waals surface area contributed by atoms with Gasteiger partial charge in [-0.05, 0) is 12.8 Å². The second-order valence-corrected chi connectivity index (χ2v) is 8.67. The topological polar surface area (TPSA) is 267 Å². The zero-order valence-corrected chi connectivity index (χ0v) is 18.9. The highest BCUT2D eigenvalue weighted by Gasteiger charge is 2.49. The van der Waals surface area contributed by atoms with Crippen molar-refractivity contribution < 1.29 is 39.2 Å². The number of rotatable bonds is 9. The van der Waals surface area contributed by atoms with Gasteiger partial charge in [0.2, 0.25) is 11.8 Å². The van der Waals surface area contributed by atoms with E-state index in [4.69, 9.17) is 26.7 Å². The van der Waals surface area contributed by atoms with Gasteiger partial charge in [0.15, 0.2) is 24.3 Å². The lowest BCUT2D eigenvalue weighted by atomic mass is 9.95. The standard InChI is InChI=1S/C19H33N8O8/c20-3-1-2-7(21)4-10(30)24-13-14(31)15(35-18(22)33)9(6-28)34-17(13)27-19-25-11-8(29)5-23-16(32)12(11)26-19/h7-9,11-15,17,20,28-29,31H,1-6,21H2,(H2,22,33)(H,23,32)(H,24,30)(H2,25,26,27). The van der Waals surface area contributed by atoms with E-state index in [-0.39, 0.29) is 31.4 Å². The molecule has 197 valence electrons. The van der Waals surface area contributed by atoms with Gasteiger partial charge < -0.3 is 57.5 Å². The fourth-order valence-electron chi connectivity index (χ4n) is 4.29. The summed E-state index contributed by atoms with van der Waals surface area (Å²) >= 11 is 0. The molecule has 1 radical (unpaired) electrons. The fourth-order valence-corrected chi connectivity index (χ4v) is 4.29. The first-order valence-electron chi connectivity index (χ1n) is 11.3. The van der Waals surface area contributed by atoms with Crippen LogP contribution in [-0.2, 0) is 19.1 Å². The minimum absolute atomic E-state index is 0.0479. The minimum atomic E-state index is -1.56. The number of aliphatic hydroxyl groups is 3. The summed E-state index contributed by atoms with van der Waals surface area (Å²) < 4.78 is 10.7. The molecule has 3 amide bonds. The van der Waals surface area contributed by atoms with E-state index >= 15 is 0 Å². The number of carbonyl (C=O) groups is 3. The van der Waals surface area contributed by atoms with Crippen molar-refractivity contribution in [3.8, 4) is 0 Å². The Hall–Kier alpha value is -2.76. The molecule has 3 rings (SSSR count). The molecular weight excluding hydrogens is 468 g/mol. The highest BCUT2D eigenvalue weighted by Crippen LogP contribution is 2.24. The Morgan fingerprint density at radius 3 is 2.74 bits per heavy atom. The molecule has 9 unspecified atom stereocenters. The van der Waals surface area contributed by atoms with E-state index in [9.17, 15) is 29.7 Å². The predicted octanol–water partition coefficient (Wildman–Crippen LogP) is -5.43. The predicted molar refractivity (Wildman–Crippen MR) is 118 cm³/mol. The normalized spacial score (nSPS) is 35.1. The first kappa shape index (κ1) is 26.8. The maximum absolute atomic E-state index is 12.6. The van der Waals surface area contributed by atoms with E-state index in [0.717, 1.165) is 0 Å². The molecule has 35 heavy (non-hydrogen) atoms. The molecule has 0 aromatic heterocycles. The summed E-state index contributed by atoms with van der Waals surface area (Å²) in [4.78, 5) is 40.3. The first-order valence-corrected chi connectivity index (χ1v) is 11.3. The molecule has 0 aromatic carbocycles. The summed E-state index contributed by atoms with van der Waals surface area (Å²) in [6, 6.07) is -3.33. The molecule has 12 N–H and O–H groups in total. The molecule has 16 nitrogen and oxygen atoms in total. The third kappa shape index (κ3) is 6.47. The molecule has 0 bridgehead atoms. The summed E-state index contributed by atoms with van der Waals surface area (Å²) in [7, 11) is 0. The third-order valence-corrected chi connectivity index (χ3v) is 6.04. The number of piperidine rings is 1. The summed E-state index contributed by atoms with van der Waals surface area (Å²) in [5.41, 5.74) is 18.2. The highest BCUT2D eigenvalue weighted by atomic mass is 16.6. The first-order chi connectivity index (χ1) is 16.6. The van der Waals surface area contributed by atoms with E-state index in [1.54, 1.807) is 0 Å². The van der Waals surface area contributed by atoms with Gasteiger partial charge in [0, 0.05) is 25.6 Å². The number of ether oxygens (including phenoxy) is 2. The van der Waals surface area contributed by atoms with Crippen molar-refractivity contribution in [2.24, 2.45) is 16.5 Å². The van der Waals surface area contributed by atoms with Gasteiger partial charge in [0.25, 0.3) is 0 Å². The quantitative estimate of drug-likeness (QED) is 0.144. The van der Waals surface area contributed by atoms with Crippen molar-refractivity contribution in [3.05, 3.63) is 0 Å². The smallest absolute Gasteiger partial charge is 0.404 e. The van der Waals surface area contributed by atoms with Gasteiger partial charge in [-0.1, -0.05) is 0 Å². The average molecular weight is 502 g/mol. The Morgan fingerprint density at radius 1 is 1.37 bits per heavy atom.